The number of aliphatic hydroxyl groups excluding tert-OH is 1. The average Bonchev–Trinajstić information content (AvgIpc) is 2.47. The number of aliphatic hydroxyl groups is 1. The minimum atomic E-state index is -1.55. The molecule has 0 amide bonds. The van der Waals surface area contributed by atoms with E-state index in [2.05, 4.69) is 6.58 Å². The van der Waals surface area contributed by atoms with Crippen LogP contribution in [0.2, 0.25) is 0 Å². The Morgan fingerprint density at radius 3 is 2.12 bits per heavy atom. The van der Waals surface area contributed by atoms with E-state index in [1.165, 1.54) is 19.9 Å². The highest BCUT2D eigenvalue weighted by atomic mass is 16.7. The van der Waals surface area contributed by atoms with Crippen LogP contribution in [0.15, 0.2) is 12.7 Å². The third-order valence-electron chi connectivity index (χ3n) is 3.07. The largest absolute Gasteiger partial charge is 0.463 e. The van der Waals surface area contributed by atoms with Gasteiger partial charge >= 0.3 is 17.9 Å². The van der Waals surface area contributed by atoms with E-state index in [9.17, 15) is 19.5 Å². The Hall–Kier alpha value is -1.97. The fourth-order valence-electron chi connectivity index (χ4n) is 2.25. The SMILES string of the molecule is C=CCO[C@@H]1[C@@H](OC(C)=O)[C@@H](O)O[C@H](COC(C)=O)[C@H]1OC(C)=O. The van der Waals surface area contributed by atoms with Crippen molar-refractivity contribution in [3.05, 3.63) is 12.7 Å². The van der Waals surface area contributed by atoms with E-state index in [-0.39, 0.29) is 13.2 Å². The molecular weight excluding hydrogens is 324 g/mol. The summed E-state index contributed by atoms with van der Waals surface area (Å²) in [5.74, 6) is -1.88. The zero-order valence-electron chi connectivity index (χ0n) is 13.8. The van der Waals surface area contributed by atoms with Crippen molar-refractivity contribution in [3.63, 3.8) is 0 Å². The lowest BCUT2D eigenvalue weighted by Gasteiger charge is -2.43. The lowest BCUT2D eigenvalue weighted by Crippen LogP contribution is -2.62. The Bertz CT molecular complexity index is 476. The van der Waals surface area contributed by atoms with Crippen LogP contribution in [0.4, 0.5) is 0 Å². The molecule has 136 valence electrons. The predicted molar refractivity (Wildman–Crippen MR) is 78.6 cm³/mol. The molecule has 0 aromatic heterocycles. The molecule has 1 heterocycles. The summed E-state index contributed by atoms with van der Waals surface area (Å²) >= 11 is 0. The second-order valence-corrected chi connectivity index (χ2v) is 5.10. The van der Waals surface area contributed by atoms with Crippen molar-refractivity contribution < 1.29 is 43.2 Å². The van der Waals surface area contributed by atoms with Crippen LogP contribution in [0.3, 0.4) is 0 Å². The highest BCUT2D eigenvalue weighted by molar-refractivity contribution is 5.67. The molecule has 9 heteroatoms. The van der Waals surface area contributed by atoms with E-state index in [0.29, 0.717) is 0 Å². The molecule has 5 atom stereocenters. The molecule has 1 fully saturated rings. The predicted octanol–water partition coefficient (Wildman–Crippen LogP) is -0.299. The summed E-state index contributed by atoms with van der Waals surface area (Å²) in [5, 5.41) is 10.1. The number of carbonyl (C=O) groups excluding carboxylic acids is 3. The minimum absolute atomic E-state index is 0.0488. The summed E-state index contributed by atoms with van der Waals surface area (Å²) in [6.45, 7) is 6.82. The Kier molecular flexibility index (Phi) is 7.83. The maximum absolute atomic E-state index is 11.4. The molecule has 1 N–H and O–H groups in total. The van der Waals surface area contributed by atoms with Gasteiger partial charge in [0, 0.05) is 20.8 Å². The zero-order chi connectivity index (χ0) is 18.3. The smallest absolute Gasteiger partial charge is 0.303 e. The van der Waals surface area contributed by atoms with E-state index < -0.39 is 48.6 Å². The average molecular weight is 346 g/mol. The van der Waals surface area contributed by atoms with Crippen LogP contribution in [0.5, 0.6) is 0 Å². The number of rotatable bonds is 7. The van der Waals surface area contributed by atoms with Gasteiger partial charge < -0.3 is 28.8 Å². The fraction of sp³-hybridized carbons (Fsp3) is 0.667. The maximum atomic E-state index is 11.4. The Morgan fingerprint density at radius 2 is 1.62 bits per heavy atom. The molecule has 1 aliphatic rings. The van der Waals surface area contributed by atoms with Crippen molar-refractivity contribution in [1.29, 1.82) is 0 Å². The van der Waals surface area contributed by atoms with E-state index >= 15 is 0 Å². The van der Waals surface area contributed by atoms with Crippen molar-refractivity contribution in [2.24, 2.45) is 0 Å². The lowest BCUT2D eigenvalue weighted by atomic mass is 9.98. The number of ether oxygens (including phenoxy) is 5. The molecule has 0 saturated carbocycles. The first-order valence-corrected chi connectivity index (χ1v) is 7.30. The van der Waals surface area contributed by atoms with Crippen molar-refractivity contribution in [1.82, 2.24) is 0 Å². The Labute approximate surface area is 139 Å². The summed E-state index contributed by atoms with van der Waals surface area (Å²) < 4.78 is 25.9. The molecule has 0 radical (unpaired) electrons. The van der Waals surface area contributed by atoms with Gasteiger partial charge in [-0.2, -0.15) is 0 Å². The van der Waals surface area contributed by atoms with Gasteiger partial charge in [0.05, 0.1) is 6.61 Å². The van der Waals surface area contributed by atoms with Gasteiger partial charge in [0.25, 0.3) is 0 Å². The van der Waals surface area contributed by atoms with Crippen molar-refractivity contribution in [2.75, 3.05) is 13.2 Å². The van der Waals surface area contributed by atoms with Gasteiger partial charge in [-0.25, -0.2) is 0 Å². The summed E-state index contributed by atoms with van der Waals surface area (Å²) in [6.07, 6.45) is -4.40. The summed E-state index contributed by atoms with van der Waals surface area (Å²) in [4.78, 5) is 33.7. The quantitative estimate of drug-likeness (QED) is 0.376. The molecular formula is C15H22O9. The van der Waals surface area contributed by atoms with Gasteiger partial charge in [0.1, 0.15) is 18.8 Å². The normalized spacial score (nSPS) is 29.4. The third-order valence-corrected chi connectivity index (χ3v) is 3.07. The molecule has 1 rings (SSSR count). The van der Waals surface area contributed by atoms with Gasteiger partial charge in [-0.05, 0) is 0 Å². The molecule has 0 aromatic carbocycles. The third kappa shape index (κ3) is 5.91. The van der Waals surface area contributed by atoms with E-state index in [0.717, 1.165) is 6.92 Å². The van der Waals surface area contributed by atoms with Crippen molar-refractivity contribution >= 4 is 17.9 Å². The number of esters is 3. The highest BCUT2D eigenvalue weighted by Crippen LogP contribution is 2.28. The summed E-state index contributed by atoms with van der Waals surface area (Å²) in [5.41, 5.74) is 0. The topological polar surface area (TPSA) is 118 Å². The Morgan fingerprint density at radius 1 is 1.04 bits per heavy atom. The van der Waals surface area contributed by atoms with Gasteiger partial charge in [0.15, 0.2) is 18.5 Å². The van der Waals surface area contributed by atoms with Crippen LogP contribution in [-0.4, -0.2) is 66.9 Å². The first-order valence-electron chi connectivity index (χ1n) is 7.30. The van der Waals surface area contributed by atoms with Crippen LogP contribution < -0.4 is 0 Å². The van der Waals surface area contributed by atoms with Crippen LogP contribution in [0.25, 0.3) is 0 Å². The standard InChI is InChI=1S/C15H22O9/c1-5-6-20-13-12(22-9(3)17)11(7-21-8(2)16)24-15(19)14(13)23-10(4)18/h5,11-15,19H,1,6-7H2,2-4H3/t11-,12-,13+,14-,15+/m1/s1. The van der Waals surface area contributed by atoms with Crippen LogP contribution in [0, 0.1) is 0 Å². The number of hydrogen-bond donors (Lipinski definition) is 1. The first-order chi connectivity index (χ1) is 11.3. The fourth-order valence-corrected chi connectivity index (χ4v) is 2.25. The number of carbonyl (C=O) groups is 3. The van der Waals surface area contributed by atoms with E-state index in [4.69, 9.17) is 23.7 Å². The molecule has 0 aromatic rings. The molecule has 1 aliphatic heterocycles. The second-order valence-electron chi connectivity index (χ2n) is 5.10. The molecule has 1 saturated heterocycles. The van der Waals surface area contributed by atoms with Crippen molar-refractivity contribution in [2.45, 2.75) is 51.5 Å². The molecule has 24 heavy (non-hydrogen) atoms. The number of hydrogen-bond acceptors (Lipinski definition) is 9. The molecule has 0 bridgehead atoms. The second kappa shape index (κ2) is 9.36. The molecule has 9 nitrogen and oxygen atoms in total. The molecule has 0 unspecified atom stereocenters. The van der Waals surface area contributed by atoms with Crippen LogP contribution in [0.1, 0.15) is 20.8 Å². The molecule has 0 spiro atoms. The maximum Gasteiger partial charge on any atom is 0.303 e. The van der Waals surface area contributed by atoms with Gasteiger partial charge in [0.2, 0.25) is 0 Å². The molecule has 0 aliphatic carbocycles. The first kappa shape index (κ1) is 20.1. The minimum Gasteiger partial charge on any atom is -0.463 e. The van der Waals surface area contributed by atoms with Crippen molar-refractivity contribution in [3.8, 4) is 0 Å². The van der Waals surface area contributed by atoms with Gasteiger partial charge in [-0.1, -0.05) is 6.08 Å². The monoisotopic (exact) mass is 346 g/mol. The van der Waals surface area contributed by atoms with Gasteiger partial charge in [-0.3, -0.25) is 14.4 Å². The van der Waals surface area contributed by atoms with Crippen LogP contribution in [-0.2, 0) is 38.1 Å². The summed E-state index contributed by atoms with van der Waals surface area (Å²) in [6, 6.07) is 0. The lowest BCUT2D eigenvalue weighted by molar-refractivity contribution is -0.299. The zero-order valence-corrected chi connectivity index (χ0v) is 13.8. The summed E-state index contributed by atoms with van der Waals surface area (Å²) in [7, 11) is 0. The van der Waals surface area contributed by atoms with Crippen LogP contribution >= 0.6 is 0 Å². The van der Waals surface area contributed by atoms with Gasteiger partial charge in [-0.15, -0.1) is 6.58 Å². The van der Waals surface area contributed by atoms with E-state index in [1.54, 1.807) is 0 Å². The highest BCUT2D eigenvalue weighted by Gasteiger charge is 2.50. The Balaban J connectivity index is 3.05. The van der Waals surface area contributed by atoms with E-state index in [1.807, 2.05) is 0 Å².